The molecule has 4 nitrogen and oxygen atoms in total. The van der Waals surface area contributed by atoms with E-state index in [1.165, 1.54) is 82.0 Å². The summed E-state index contributed by atoms with van der Waals surface area (Å²) in [5.41, 5.74) is 3.83. The van der Waals surface area contributed by atoms with E-state index in [1.54, 1.807) is 0 Å². The lowest BCUT2D eigenvalue weighted by Crippen LogP contribution is -2.50. The molecule has 0 saturated heterocycles. The normalized spacial score (nSPS) is 12.4. The van der Waals surface area contributed by atoms with Crippen molar-refractivity contribution in [3.05, 3.63) is 103 Å². The minimum Gasteiger partial charge on any atom is -0.402 e. The minimum atomic E-state index is -2.04. The lowest BCUT2D eigenvalue weighted by atomic mass is 9.69. The highest BCUT2D eigenvalue weighted by Gasteiger charge is 2.47. The largest absolute Gasteiger partial charge is 0.634 e. The summed E-state index contributed by atoms with van der Waals surface area (Å²) in [7, 11) is -2.04. The van der Waals surface area contributed by atoms with Gasteiger partial charge < -0.3 is 19.2 Å². The molecule has 3 rings (SSSR count). The molecule has 2 N–H and O–H groups in total. The molecule has 0 spiro atoms. The molecule has 3 aromatic rings. The summed E-state index contributed by atoms with van der Waals surface area (Å²) in [6.07, 6.45) is 13.6. The van der Waals surface area contributed by atoms with Crippen molar-refractivity contribution in [1.82, 2.24) is 0 Å². The maximum Gasteiger partial charge on any atom is 0.634 e. The van der Waals surface area contributed by atoms with E-state index in [1.807, 2.05) is 75.4 Å². The highest BCUT2D eigenvalue weighted by molar-refractivity contribution is 6.33. The van der Waals surface area contributed by atoms with Gasteiger partial charge in [0.15, 0.2) is 0 Å². The van der Waals surface area contributed by atoms with E-state index >= 15 is 0 Å². The number of hydrogen-bond donors (Lipinski definition) is 2. The van der Waals surface area contributed by atoms with Gasteiger partial charge in [-0.05, 0) is 104 Å². The molecule has 0 aliphatic carbocycles. The van der Waals surface area contributed by atoms with Crippen LogP contribution < -0.4 is 0 Å². The second kappa shape index (κ2) is 23.3. The van der Waals surface area contributed by atoms with Crippen LogP contribution in [0.4, 0.5) is 0 Å². The molecule has 0 radical (unpaired) electrons. The van der Waals surface area contributed by atoms with Gasteiger partial charge in [-0.15, -0.1) is 0 Å². The Bertz CT molecular complexity index is 1360. The lowest BCUT2D eigenvalue weighted by molar-refractivity contribution is -0.929. The number of rotatable bonds is 21. The summed E-state index contributed by atoms with van der Waals surface area (Å²) in [4.78, 5) is 0. The van der Waals surface area contributed by atoms with Crippen molar-refractivity contribution in [3.63, 3.8) is 0 Å². The van der Waals surface area contributed by atoms with E-state index in [2.05, 4.69) is 34.6 Å². The maximum absolute atomic E-state index is 10.2. The standard InChI is InChI=1S/C27H30BCl3O3.C16H36N/c1-5-6-7-23(20-11-8-17(2)24(29)14-20)27(34-28(32)33,21-12-9-18(3)25(30)15-21)22-13-10-19(4)26(31)16-22;1-5-9-13-17(14-10-6-2,15-11-7-3)16-12-8-4/h8-16,23,32-33H,5-7H2,1-4H3;5-16H2,1-4H3/q;+1. The van der Waals surface area contributed by atoms with Gasteiger partial charge in [0.1, 0.15) is 5.60 Å². The number of halogens is 3. The first-order valence-electron chi connectivity index (χ1n) is 19.5. The number of nitrogens with zero attached hydrogens (tertiary/aromatic N) is 1. The van der Waals surface area contributed by atoms with E-state index in [4.69, 9.17) is 39.5 Å². The van der Waals surface area contributed by atoms with Crippen LogP contribution in [0.25, 0.3) is 0 Å². The van der Waals surface area contributed by atoms with Gasteiger partial charge in [-0.3, -0.25) is 0 Å². The Kier molecular flexibility index (Phi) is 20.8. The van der Waals surface area contributed by atoms with Crippen molar-refractivity contribution in [2.45, 2.75) is 138 Å². The smallest absolute Gasteiger partial charge is 0.402 e. The Morgan fingerprint density at radius 3 is 1.29 bits per heavy atom. The van der Waals surface area contributed by atoms with Crippen molar-refractivity contribution in [1.29, 1.82) is 0 Å². The molecule has 0 fully saturated rings. The third-order valence-electron chi connectivity index (χ3n) is 10.4. The molecule has 51 heavy (non-hydrogen) atoms. The van der Waals surface area contributed by atoms with Gasteiger partial charge in [0.05, 0.1) is 26.2 Å². The molecule has 0 aliphatic heterocycles. The average molecular weight is 762 g/mol. The Morgan fingerprint density at radius 1 is 0.588 bits per heavy atom. The van der Waals surface area contributed by atoms with Crippen LogP contribution in [0.2, 0.25) is 15.1 Å². The van der Waals surface area contributed by atoms with Gasteiger partial charge in [-0.1, -0.05) is 144 Å². The number of hydrogen-bond acceptors (Lipinski definition) is 3. The molecule has 0 aromatic heterocycles. The topological polar surface area (TPSA) is 49.7 Å². The fourth-order valence-electron chi connectivity index (χ4n) is 7.08. The van der Waals surface area contributed by atoms with Gasteiger partial charge in [0.25, 0.3) is 0 Å². The van der Waals surface area contributed by atoms with Crippen molar-refractivity contribution in [2.75, 3.05) is 26.2 Å². The lowest BCUT2D eigenvalue weighted by Gasteiger charge is -2.43. The molecule has 0 bridgehead atoms. The zero-order valence-electron chi connectivity index (χ0n) is 32.8. The predicted molar refractivity (Wildman–Crippen MR) is 222 cm³/mol. The Hall–Kier alpha value is -1.57. The molecule has 8 heteroatoms. The summed E-state index contributed by atoms with van der Waals surface area (Å²) < 4.78 is 7.55. The summed E-state index contributed by atoms with van der Waals surface area (Å²) >= 11 is 19.7. The van der Waals surface area contributed by atoms with Crippen molar-refractivity contribution >= 4 is 42.1 Å². The van der Waals surface area contributed by atoms with Crippen molar-refractivity contribution in [2.24, 2.45) is 0 Å². The van der Waals surface area contributed by atoms with Crippen molar-refractivity contribution in [3.8, 4) is 0 Å². The quantitative estimate of drug-likeness (QED) is 0.0839. The van der Waals surface area contributed by atoms with E-state index in [0.29, 0.717) is 32.6 Å². The van der Waals surface area contributed by atoms with E-state index in [9.17, 15) is 10.0 Å². The second-order valence-electron chi connectivity index (χ2n) is 14.5. The molecular formula is C43H66BCl3NO3+. The summed E-state index contributed by atoms with van der Waals surface area (Å²) in [5.74, 6) is -0.315. The Balaban J connectivity index is 0.000000449. The molecule has 0 amide bonds. The molecule has 284 valence electrons. The highest BCUT2D eigenvalue weighted by Crippen LogP contribution is 2.50. The SMILES string of the molecule is CCCCC(c1ccc(C)c(Cl)c1)C(OB(O)O)(c1ccc(C)c(Cl)c1)c1ccc(C)c(Cl)c1.CCCC[N+](CCCC)(CCCC)CCCC. The van der Waals surface area contributed by atoms with Crippen LogP contribution in [0.15, 0.2) is 54.6 Å². The monoisotopic (exact) mass is 760 g/mol. The zero-order chi connectivity index (χ0) is 38.0. The minimum absolute atomic E-state index is 0.315. The summed E-state index contributed by atoms with van der Waals surface area (Å²) in [5, 5.41) is 22.2. The molecule has 1 atom stereocenters. The molecule has 0 aliphatic rings. The van der Waals surface area contributed by atoms with Crippen LogP contribution in [0, 0.1) is 20.8 Å². The van der Waals surface area contributed by atoms with Crippen LogP contribution in [-0.2, 0) is 10.3 Å². The number of quaternary nitrogens is 1. The number of benzene rings is 3. The van der Waals surface area contributed by atoms with Crippen LogP contribution in [-0.4, -0.2) is 48.0 Å². The van der Waals surface area contributed by atoms with E-state index in [0.717, 1.165) is 35.1 Å². The molecule has 0 heterocycles. The fourth-order valence-corrected chi connectivity index (χ4v) is 7.63. The first-order valence-corrected chi connectivity index (χ1v) is 20.7. The Labute approximate surface area is 326 Å². The van der Waals surface area contributed by atoms with Gasteiger partial charge in [-0.25, -0.2) is 0 Å². The highest BCUT2D eigenvalue weighted by atomic mass is 35.5. The molecule has 3 aromatic carbocycles. The molecule has 0 saturated carbocycles. The van der Waals surface area contributed by atoms with E-state index < -0.39 is 12.9 Å². The first-order chi connectivity index (χ1) is 24.3. The third-order valence-corrected chi connectivity index (χ3v) is 11.6. The van der Waals surface area contributed by atoms with Gasteiger partial charge >= 0.3 is 7.32 Å². The Morgan fingerprint density at radius 2 is 0.961 bits per heavy atom. The van der Waals surface area contributed by atoms with Crippen LogP contribution in [0.1, 0.15) is 145 Å². The predicted octanol–water partition coefficient (Wildman–Crippen LogP) is 12.8. The first kappa shape index (κ1) is 45.6. The number of unbranched alkanes of at least 4 members (excludes halogenated alkanes) is 5. The third kappa shape index (κ3) is 13.4. The van der Waals surface area contributed by atoms with Gasteiger partial charge in [0, 0.05) is 21.0 Å². The zero-order valence-corrected chi connectivity index (χ0v) is 35.1. The van der Waals surface area contributed by atoms with Gasteiger partial charge in [0.2, 0.25) is 0 Å². The summed E-state index contributed by atoms with van der Waals surface area (Å²) in [6.45, 7) is 22.9. The maximum atomic E-state index is 10.2. The van der Waals surface area contributed by atoms with Crippen LogP contribution in [0.3, 0.4) is 0 Å². The summed E-state index contributed by atoms with van der Waals surface area (Å²) in [6, 6.07) is 17.3. The van der Waals surface area contributed by atoms with Crippen molar-refractivity contribution < 1.29 is 19.2 Å². The second-order valence-corrected chi connectivity index (χ2v) is 15.7. The number of aryl methyl sites for hydroxylation is 3. The van der Waals surface area contributed by atoms with E-state index in [-0.39, 0.29) is 5.92 Å². The fraction of sp³-hybridized carbons (Fsp3) is 0.581. The van der Waals surface area contributed by atoms with Crippen LogP contribution in [0.5, 0.6) is 0 Å². The molecule has 1 unspecified atom stereocenters. The average Bonchev–Trinajstić information content (AvgIpc) is 3.11. The van der Waals surface area contributed by atoms with Crippen LogP contribution >= 0.6 is 34.8 Å². The van der Waals surface area contributed by atoms with Gasteiger partial charge in [-0.2, -0.15) is 0 Å². The molecular weight excluding hydrogens is 696 g/mol.